The van der Waals surface area contributed by atoms with Gasteiger partial charge in [-0.15, -0.1) is 0 Å². The van der Waals surface area contributed by atoms with E-state index in [0.29, 0.717) is 11.0 Å². The summed E-state index contributed by atoms with van der Waals surface area (Å²) >= 11 is 3.38. The second kappa shape index (κ2) is 7.22. The molecular weight excluding hydrogens is 320 g/mol. The van der Waals surface area contributed by atoms with Gasteiger partial charge in [0.1, 0.15) is 4.47 Å². The summed E-state index contributed by atoms with van der Waals surface area (Å²) < 4.78 is 2.08. The molecule has 5 nitrogen and oxygen atoms in total. The van der Waals surface area contributed by atoms with Gasteiger partial charge in [-0.2, -0.15) is 5.10 Å². The average molecular weight is 343 g/mol. The van der Waals surface area contributed by atoms with E-state index in [2.05, 4.69) is 26.3 Å². The molecule has 2 rings (SSSR count). The average Bonchev–Trinajstić information content (AvgIpc) is 3.22. The molecule has 1 aromatic rings. The van der Waals surface area contributed by atoms with Crippen molar-refractivity contribution in [2.75, 3.05) is 32.5 Å². The summed E-state index contributed by atoms with van der Waals surface area (Å²) in [6.07, 6.45) is 6.97. The first-order valence-electron chi connectivity index (χ1n) is 7.22. The van der Waals surface area contributed by atoms with Crippen LogP contribution in [0.25, 0.3) is 0 Å². The van der Waals surface area contributed by atoms with Crippen molar-refractivity contribution in [3.05, 3.63) is 21.0 Å². The molecular formula is C14H23BrN4O. The maximum absolute atomic E-state index is 12.1. The van der Waals surface area contributed by atoms with Crippen molar-refractivity contribution < 1.29 is 0 Å². The van der Waals surface area contributed by atoms with Crippen molar-refractivity contribution in [3.8, 4) is 0 Å². The number of rotatable bonds is 8. The van der Waals surface area contributed by atoms with E-state index in [4.69, 9.17) is 0 Å². The molecule has 0 amide bonds. The Morgan fingerprint density at radius 2 is 2.25 bits per heavy atom. The van der Waals surface area contributed by atoms with Crippen LogP contribution in [0.3, 0.4) is 0 Å². The van der Waals surface area contributed by atoms with Crippen LogP contribution in [0.1, 0.15) is 25.7 Å². The van der Waals surface area contributed by atoms with Gasteiger partial charge >= 0.3 is 0 Å². The van der Waals surface area contributed by atoms with Gasteiger partial charge < -0.3 is 10.2 Å². The normalized spacial score (nSPS) is 14.8. The Hall–Kier alpha value is -0.880. The monoisotopic (exact) mass is 342 g/mol. The van der Waals surface area contributed by atoms with E-state index in [9.17, 15) is 4.79 Å². The quantitative estimate of drug-likeness (QED) is 0.735. The maximum Gasteiger partial charge on any atom is 0.283 e. The summed E-state index contributed by atoms with van der Waals surface area (Å²) in [5, 5.41) is 7.52. The van der Waals surface area contributed by atoms with Gasteiger partial charge in [0.05, 0.1) is 18.4 Å². The van der Waals surface area contributed by atoms with Gasteiger partial charge in [-0.05, 0) is 48.8 Å². The van der Waals surface area contributed by atoms with Crippen molar-refractivity contribution in [2.24, 2.45) is 5.92 Å². The molecule has 1 aromatic heterocycles. The van der Waals surface area contributed by atoms with E-state index in [0.717, 1.165) is 31.1 Å². The molecule has 20 heavy (non-hydrogen) atoms. The lowest BCUT2D eigenvalue weighted by Gasteiger charge is -2.12. The lowest BCUT2D eigenvalue weighted by Crippen LogP contribution is -2.29. The Balaban J connectivity index is 1.89. The molecule has 112 valence electrons. The van der Waals surface area contributed by atoms with Gasteiger partial charge in [-0.1, -0.05) is 12.8 Å². The highest BCUT2D eigenvalue weighted by Gasteiger charge is 2.20. The first kappa shape index (κ1) is 15.5. The van der Waals surface area contributed by atoms with Gasteiger partial charge in [0.25, 0.3) is 5.56 Å². The van der Waals surface area contributed by atoms with Crippen LogP contribution in [0.15, 0.2) is 15.5 Å². The van der Waals surface area contributed by atoms with Crippen LogP contribution >= 0.6 is 15.9 Å². The predicted molar refractivity (Wildman–Crippen MR) is 85.2 cm³/mol. The summed E-state index contributed by atoms with van der Waals surface area (Å²) in [6, 6.07) is 0. The topological polar surface area (TPSA) is 50.2 Å². The molecule has 0 spiro atoms. The van der Waals surface area contributed by atoms with Crippen molar-refractivity contribution >= 4 is 21.6 Å². The molecule has 0 bridgehead atoms. The fourth-order valence-electron chi connectivity index (χ4n) is 2.06. The van der Waals surface area contributed by atoms with Gasteiger partial charge in [-0.25, -0.2) is 4.68 Å². The highest BCUT2D eigenvalue weighted by atomic mass is 79.9. The molecule has 0 atom stereocenters. The molecule has 1 N–H and O–H groups in total. The fraction of sp³-hybridized carbons (Fsp3) is 0.714. The summed E-state index contributed by atoms with van der Waals surface area (Å²) in [4.78, 5) is 14.2. The Bertz CT molecular complexity index is 496. The molecule has 1 fully saturated rings. The molecule has 0 unspecified atom stereocenters. The van der Waals surface area contributed by atoms with Crippen LogP contribution in [0.2, 0.25) is 0 Å². The lowest BCUT2D eigenvalue weighted by molar-refractivity contribution is 0.367. The third-order valence-corrected chi connectivity index (χ3v) is 4.31. The van der Waals surface area contributed by atoms with Gasteiger partial charge in [0, 0.05) is 13.1 Å². The Labute approximate surface area is 128 Å². The third kappa shape index (κ3) is 4.59. The van der Waals surface area contributed by atoms with E-state index in [1.807, 2.05) is 19.0 Å². The summed E-state index contributed by atoms with van der Waals surface area (Å²) in [5.41, 5.74) is 0.728. The highest BCUT2D eigenvalue weighted by molar-refractivity contribution is 9.10. The SMILES string of the molecule is CN(C)CCn1ncc(NCCCC2CC2)c(Br)c1=O. The Morgan fingerprint density at radius 1 is 1.50 bits per heavy atom. The number of hydrogen-bond donors (Lipinski definition) is 1. The number of aromatic nitrogens is 2. The predicted octanol–water partition coefficient (Wildman–Crippen LogP) is 2.17. The zero-order valence-electron chi connectivity index (χ0n) is 12.2. The summed E-state index contributed by atoms with van der Waals surface area (Å²) in [6.45, 7) is 2.30. The van der Waals surface area contributed by atoms with Crippen LogP contribution < -0.4 is 10.9 Å². The highest BCUT2D eigenvalue weighted by Crippen LogP contribution is 2.33. The molecule has 6 heteroatoms. The molecule has 0 saturated heterocycles. The first-order valence-corrected chi connectivity index (χ1v) is 8.01. The third-order valence-electron chi connectivity index (χ3n) is 3.55. The van der Waals surface area contributed by atoms with Gasteiger partial charge in [0.2, 0.25) is 0 Å². The van der Waals surface area contributed by atoms with Crippen LogP contribution in [0.4, 0.5) is 5.69 Å². The Kier molecular flexibility index (Phi) is 5.60. The van der Waals surface area contributed by atoms with Crippen LogP contribution in [-0.4, -0.2) is 41.9 Å². The van der Waals surface area contributed by atoms with Crippen molar-refractivity contribution in [3.63, 3.8) is 0 Å². The lowest BCUT2D eigenvalue weighted by atomic mass is 10.2. The second-order valence-corrected chi connectivity index (χ2v) is 6.51. The standard InChI is InChI=1S/C14H23BrN4O/c1-18(2)8-9-19-14(20)13(15)12(10-17-19)16-7-3-4-11-5-6-11/h10-11,16H,3-9H2,1-2H3. The van der Waals surface area contributed by atoms with E-state index in [-0.39, 0.29) is 5.56 Å². The molecule has 1 saturated carbocycles. The largest absolute Gasteiger partial charge is 0.383 e. The van der Waals surface area contributed by atoms with E-state index < -0.39 is 0 Å². The molecule has 0 radical (unpaired) electrons. The summed E-state index contributed by atoms with van der Waals surface area (Å²) in [5.74, 6) is 0.956. The maximum atomic E-state index is 12.1. The number of anilines is 1. The number of hydrogen-bond acceptors (Lipinski definition) is 4. The van der Waals surface area contributed by atoms with Crippen LogP contribution in [0.5, 0.6) is 0 Å². The van der Waals surface area contributed by atoms with E-state index in [1.54, 1.807) is 6.20 Å². The zero-order chi connectivity index (χ0) is 14.5. The minimum atomic E-state index is -0.0703. The first-order chi connectivity index (χ1) is 9.58. The van der Waals surface area contributed by atoms with Crippen molar-refractivity contribution in [2.45, 2.75) is 32.2 Å². The number of likely N-dealkylation sites (N-methyl/N-ethyl adjacent to an activating group) is 1. The molecule has 1 aliphatic rings. The van der Waals surface area contributed by atoms with Crippen molar-refractivity contribution in [1.29, 1.82) is 0 Å². The molecule has 0 aliphatic heterocycles. The number of nitrogens with one attached hydrogen (secondary N) is 1. The smallest absolute Gasteiger partial charge is 0.283 e. The second-order valence-electron chi connectivity index (χ2n) is 5.72. The van der Waals surface area contributed by atoms with E-state index in [1.165, 1.54) is 23.9 Å². The molecule has 0 aromatic carbocycles. The van der Waals surface area contributed by atoms with Crippen LogP contribution in [-0.2, 0) is 6.54 Å². The summed E-state index contributed by atoms with van der Waals surface area (Å²) in [7, 11) is 3.96. The Morgan fingerprint density at radius 3 is 2.90 bits per heavy atom. The number of nitrogens with zero attached hydrogens (tertiary/aromatic N) is 3. The minimum absolute atomic E-state index is 0.0703. The fourth-order valence-corrected chi connectivity index (χ4v) is 2.51. The number of halogens is 1. The van der Waals surface area contributed by atoms with Crippen molar-refractivity contribution in [1.82, 2.24) is 14.7 Å². The molecule has 1 aliphatic carbocycles. The molecule has 1 heterocycles. The zero-order valence-corrected chi connectivity index (χ0v) is 13.8. The minimum Gasteiger partial charge on any atom is -0.383 e. The van der Waals surface area contributed by atoms with E-state index >= 15 is 0 Å². The van der Waals surface area contributed by atoms with Gasteiger partial charge in [0.15, 0.2) is 0 Å². The van der Waals surface area contributed by atoms with Gasteiger partial charge in [-0.3, -0.25) is 4.79 Å². The van der Waals surface area contributed by atoms with Crippen LogP contribution in [0, 0.1) is 5.92 Å².